The van der Waals surface area contributed by atoms with Crippen molar-refractivity contribution < 1.29 is 23.8 Å². The number of hydrogen-bond donors (Lipinski definition) is 4. The van der Waals surface area contributed by atoms with Crippen LogP contribution < -0.4 is 5.32 Å². The highest BCUT2D eigenvalue weighted by Crippen LogP contribution is 2.56. The lowest BCUT2D eigenvalue weighted by Crippen LogP contribution is -2.35. The molecule has 4 rings (SSSR count). The summed E-state index contributed by atoms with van der Waals surface area (Å²) in [6, 6.07) is 18.9. The summed E-state index contributed by atoms with van der Waals surface area (Å²) >= 11 is 3.23. The average molecular weight is 517 g/mol. The third-order valence-electron chi connectivity index (χ3n) is 5.31. The molecular weight excluding hydrogens is 496 g/mol. The van der Waals surface area contributed by atoms with Crippen molar-refractivity contribution in [3.8, 4) is 0 Å². The summed E-state index contributed by atoms with van der Waals surface area (Å²) in [4.78, 5) is 24.9. The monoisotopic (exact) mass is 516 g/mol. The molecule has 1 aliphatic heterocycles. The summed E-state index contributed by atoms with van der Waals surface area (Å²) < 4.78 is 24.3. The number of carboxylic acids is 1. The summed E-state index contributed by atoms with van der Waals surface area (Å²) in [6.45, 7) is 0.743. The predicted octanol–water partition coefficient (Wildman–Crippen LogP) is 5.48. The van der Waals surface area contributed by atoms with E-state index in [4.69, 9.17) is 0 Å². The van der Waals surface area contributed by atoms with E-state index in [0.717, 1.165) is 5.56 Å². The van der Waals surface area contributed by atoms with E-state index in [1.807, 2.05) is 30.3 Å². The van der Waals surface area contributed by atoms with Crippen LogP contribution in [0.25, 0.3) is 0 Å². The zero-order valence-electron chi connectivity index (χ0n) is 16.9. The van der Waals surface area contributed by atoms with Gasteiger partial charge >= 0.3 is 5.97 Å². The van der Waals surface area contributed by atoms with Crippen molar-refractivity contribution in [3.05, 3.63) is 93.5 Å². The Kier molecular flexibility index (Phi) is 6.36. The van der Waals surface area contributed by atoms with E-state index in [0.29, 0.717) is 40.0 Å². The Morgan fingerprint density at radius 1 is 1.00 bits per heavy atom. The number of nitrogens with zero attached hydrogens (tertiary/aromatic N) is 1. The van der Waals surface area contributed by atoms with E-state index in [-0.39, 0.29) is 11.3 Å². The second kappa shape index (κ2) is 9.05. The van der Waals surface area contributed by atoms with E-state index in [1.165, 1.54) is 12.1 Å². The van der Waals surface area contributed by atoms with Crippen LogP contribution in [-0.2, 0) is 13.0 Å². The second-order valence-corrected chi connectivity index (χ2v) is 10.3. The topological polar surface area (TPSA) is 110 Å². The molecule has 1 amide bonds. The van der Waals surface area contributed by atoms with E-state index in [1.54, 1.807) is 28.6 Å². The van der Waals surface area contributed by atoms with Gasteiger partial charge < -0.3 is 10.4 Å². The van der Waals surface area contributed by atoms with Gasteiger partial charge in [0.15, 0.2) is 0 Å². The fraction of sp³-hybridized carbons (Fsp3) is 0.130. The van der Waals surface area contributed by atoms with Gasteiger partial charge in [0.1, 0.15) is 0 Å². The van der Waals surface area contributed by atoms with Gasteiger partial charge in [0.25, 0.3) is 5.91 Å². The molecular formula is C23H21BrN2O5S. The fourth-order valence-electron chi connectivity index (χ4n) is 3.74. The maximum atomic E-state index is 13.0. The van der Waals surface area contributed by atoms with Gasteiger partial charge in [-0.3, -0.25) is 13.9 Å². The molecule has 0 unspecified atom stereocenters. The first-order valence-corrected chi connectivity index (χ1v) is 12.1. The van der Waals surface area contributed by atoms with Gasteiger partial charge in [0.05, 0.1) is 16.1 Å². The van der Waals surface area contributed by atoms with Gasteiger partial charge in [-0.05, 0) is 47.9 Å². The van der Waals surface area contributed by atoms with Crippen LogP contribution >= 0.6 is 26.7 Å². The van der Waals surface area contributed by atoms with Crippen molar-refractivity contribution in [1.29, 1.82) is 0 Å². The number of rotatable bonds is 5. The molecule has 3 aromatic carbocycles. The van der Waals surface area contributed by atoms with Gasteiger partial charge in [-0.1, -0.05) is 52.3 Å². The van der Waals surface area contributed by atoms with Crippen molar-refractivity contribution in [1.82, 2.24) is 4.31 Å². The van der Waals surface area contributed by atoms with Crippen LogP contribution in [0.3, 0.4) is 0 Å². The Labute approximate surface area is 195 Å². The number of fused-ring (bicyclic) bond motifs is 1. The lowest BCUT2D eigenvalue weighted by Gasteiger charge is -2.47. The van der Waals surface area contributed by atoms with Crippen molar-refractivity contribution in [2.45, 2.75) is 17.9 Å². The van der Waals surface area contributed by atoms with Crippen LogP contribution in [0.5, 0.6) is 0 Å². The quantitative estimate of drug-likeness (QED) is 0.357. The van der Waals surface area contributed by atoms with Crippen LogP contribution in [0, 0.1) is 0 Å². The third kappa shape index (κ3) is 4.43. The molecule has 0 spiro atoms. The van der Waals surface area contributed by atoms with E-state index in [2.05, 4.69) is 21.2 Å². The highest BCUT2D eigenvalue weighted by molar-refractivity contribution is 9.10. The van der Waals surface area contributed by atoms with Crippen LogP contribution in [-0.4, -0.2) is 36.9 Å². The Balaban J connectivity index is 1.63. The van der Waals surface area contributed by atoms with Gasteiger partial charge in [-0.2, -0.15) is 4.31 Å². The van der Waals surface area contributed by atoms with Crippen LogP contribution in [0.1, 0.15) is 31.8 Å². The zero-order chi connectivity index (χ0) is 22.9. The zero-order valence-corrected chi connectivity index (χ0v) is 19.3. The molecule has 0 aromatic heterocycles. The molecule has 1 heterocycles. The van der Waals surface area contributed by atoms with Crippen molar-refractivity contribution >= 4 is 44.3 Å². The van der Waals surface area contributed by atoms with E-state index < -0.39 is 22.7 Å². The number of amides is 1. The molecule has 0 radical (unpaired) electrons. The third-order valence-corrected chi connectivity index (χ3v) is 7.80. The number of carboxylic acid groups (broad SMARTS) is 1. The molecule has 0 saturated carbocycles. The minimum Gasteiger partial charge on any atom is -0.478 e. The lowest BCUT2D eigenvalue weighted by atomic mass is 10.0. The molecule has 0 aliphatic carbocycles. The van der Waals surface area contributed by atoms with Gasteiger partial charge in [-0.25, -0.2) is 4.79 Å². The number of carbonyl (C=O) groups excluding carboxylic acids is 1. The molecule has 7 nitrogen and oxygen atoms in total. The first-order valence-electron chi connectivity index (χ1n) is 9.80. The number of hydrogen-bond acceptors (Lipinski definition) is 5. The molecule has 0 bridgehead atoms. The number of halogens is 1. The number of aromatic carboxylic acids is 1. The Morgan fingerprint density at radius 3 is 2.47 bits per heavy atom. The molecule has 0 atom stereocenters. The maximum Gasteiger partial charge on any atom is 0.337 e. The number of nitrogens with one attached hydrogen (secondary N) is 1. The van der Waals surface area contributed by atoms with Crippen LogP contribution in [0.15, 0.2) is 76.1 Å². The standard InChI is InChI=1S/C23H21BrN2O5S/c24-16-9-10-20(19(13-16)23(28)29)25-22(27)18-7-4-8-21-17(18)11-12-26(32(21,30)31)14-15-5-2-1-3-6-15/h1-10,13,30-31H,11-12,14H2,(H,25,27)(H,28,29). The molecule has 9 heteroatoms. The van der Waals surface area contributed by atoms with Gasteiger partial charge in [0, 0.05) is 23.1 Å². The van der Waals surface area contributed by atoms with Gasteiger partial charge in [-0.15, -0.1) is 10.8 Å². The minimum atomic E-state index is -3.28. The fourth-order valence-corrected chi connectivity index (χ4v) is 5.86. The first-order chi connectivity index (χ1) is 15.3. The maximum absolute atomic E-state index is 13.0. The highest BCUT2D eigenvalue weighted by Gasteiger charge is 2.34. The van der Waals surface area contributed by atoms with Gasteiger partial charge in [0.2, 0.25) is 0 Å². The Morgan fingerprint density at radius 2 is 1.75 bits per heavy atom. The molecule has 32 heavy (non-hydrogen) atoms. The van der Waals surface area contributed by atoms with E-state index >= 15 is 0 Å². The largest absolute Gasteiger partial charge is 0.478 e. The normalized spacial score (nSPS) is 16.1. The molecule has 0 saturated heterocycles. The first kappa shape index (κ1) is 22.5. The smallest absolute Gasteiger partial charge is 0.337 e. The second-order valence-electron chi connectivity index (χ2n) is 7.35. The number of anilines is 1. The van der Waals surface area contributed by atoms with Crippen molar-refractivity contribution in [2.75, 3.05) is 11.9 Å². The summed E-state index contributed by atoms with van der Waals surface area (Å²) in [6.07, 6.45) is 0.452. The minimum absolute atomic E-state index is 0.0455. The van der Waals surface area contributed by atoms with Crippen molar-refractivity contribution in [3.63, 3.8) is 0 Å². The Hall–Kier alpha value is -2.69. The molecule has 166 valence electrons. The van der Waals surface area contributed by atoms with Crippen LogP contribution in [0.2, 0.25) is 0 Å². The molecule has 1 aliphatic rings. The summed E-state index contributed by atoms with van der Waals surface area (Å²) in [5.41, 5.74) is 1.93. The van der Waals surface area contributed by atoms with E-state index in [9.17, 15) is 23.8 Å². The molecule has 0 fully saturated rings. The molecule has 3 aromatic rings. The Bertz CT molecular complexity index is 1190. The number of benzene rings is 3. The predicted molar refractivity (Wildman–Crippen MR) is 127 cm³/mol. The summed E-state index contributed by atoms with van der Waals surface area (Å²) in [7, 11) is -3.28. The lowest BCUT2D eigenvalue weighted by molar-refractivity contribution is 0.0698. The summed E-state index contributed by atoms with van der Waals surface area (Å²) in [5.74, 6) is -1.67. The number of carbonyl (C=O) groups is 2. The van der Waals surface area contributed by atoms with Crippen molar-refractivity contribution in [2.24, 2.45) is 0 Å². The average Bonchev–Trinajstić information content (AvgIpc) is 2.77. The SMILES string of the molecule is O=C(O)c1cc(Br)ccc1NC(=O)c1cccc2c1CCN(Cc1ccccc1)S2(O)O. The van der Waals surface area contributed by atoms with Crippen LogP contribution in [0.4, 0.5) is 5.69 Å². The highest BCUT2D eigenvalue weighted by atomic mass is 79.9. The molecule has 4 N–H and O–H groups in total. The summed E-state index contributed by atoms with van der Waals surface area (Å²) in [5, 5.41) is 12.1.